The number of carbonyl (C=O) groups is 1. The van der Waals surface area contributed by atoms with Crippen LogP contribution < -0.4 is 10.6 Å². The Morgan fingerprint density at radius 1 is 1.53 bits per heavy atom. The van der Waals surface area contributed by atoms with E-state index in [0.29, 0.717) is 5.69 Å². The average molecular weight is 206 g/mol. The zero-order valence-electron chi connectivity index (χ0n) is 8.58. The van der Waals surface area contributed by atoms with Crippen LogP contribution in [0.15, 0.2) is 18.2 Å². The highest BCUT2D eigenvalue weighted by Gasteiger charge is 2.24. The predicted molar refractivity (Wildman–Crippen MR) is 57.8 cm³/mol. The monoisotopic (exact) mass is 206 g/mol. The number of carbonyl (C=O) groups excluding carboxylic acids is 1. The van der Waals surface area contributed by atoms with Crippen LogP contribution in [-0.2, 0) is 4.79 Å². The van der Waals surface area contributed by atoms with Gasteiger partial charge in [-0.3, -0.25) is 4.79 Å². The van der Waals surface area contributed by atoms with Crippen molar-refractivity contribution in [1.82, 2.24) is 5.32 Å². The van der Waals surface area contributed by atoms with E-state index in [1.807, 2.05) is 6.92 Å². The molecule has 1 aliphatic rings. The van der Waals surface area contributed by atoms with E-state index in [4.69, 9.17) is 0 Å². The van der Waals surface area contributed by atoms with Gasteiger partial charge in [-0.05, 0) is 18.6 Å². The fraction of sp³-hybridized carbons (Fsp3) is 0.364. The number of phenols is 1. The highest BCUT2D eigenvalue weighted by atomic mass is 16.3. The number of phenolic OH excluding ortho intramolecular Hbond substituents is 1. The Labute approximate surface area is 88.3 Å². The summed E-state index contributed by atoms with van der Waals surface area (Å²) in [5.41, 5.74) is 1.45. The Bertz CT molecular complexity index is 386. The van der Waals surface area contributed by atoms with Crippen molar-refractivity contribution in [3.8, 4) is 5.75 Å². The van der Waals surface area contributed by atoms with E-state index in [0.717, 1.165) is 18.7 Å². The third kappa shape index (κ3) is 2.10. The molecule has 1 aromatic rings. The van der Waals surface area contributed by atoms with E-state index in [1.165, 1.54) is 0 Å². The third-order valence-corrected chi connectivity index (χ3v) is 2.63. The minimum absolute atomic E-state index is 0.0111. The van der Waals surface area contributed by atoms with Crippen molar-refractivity contribution < 1.29 is 9.90 Å². The van der Waals surface area contributed by atoms with Crippen LogP contribution in [0.4, 0.5) is 5.69 Å². The number of benzene rings is 1. The van der Waals surface area contributed by atoms with Crippen LogP contribution in [-0.4, -0.2) is 24.1 Å². The summed E-state index contributed by atoms with van der Waals surface area (Å²) >= 11 is 0. The summed E-state index contributed by atoms with van der Waals surface area (Å²) in [6.45, 7) is 3.30. The SMILES string of the molecule is Cc1ccc(NC(=O)C2CNC2)cc1O. The molecule has 15 heavy (non-hydrogen) atoms. The van der Waals surface area contributed by atoms with Crippen LogP contribution in [0.2, 0.25) is 0 Å². The van der Waals surface area contributed by atoms with Crippen LogP contribution in [0.25, 0.3) is 0 Å². The summed E-state index contributed by atoms with van der Waals surface area (Å²) in [7, 11) is 0. The van der Waals surface area contributed by atoms with Gasteiger partial charge in [-0.15, -0.1) is 0 Å². The number of anilines is 1. The molecule has 80 valence electrons. The molecule has 4 heteroatoms. The number of hydrogen-bond acceptors (Lipinski definition) is 3. The van der Waals surface area contributed by atoms with Crippen LogP contribution in [0.5, 0.6) is 5.75 Å². The maximum atomic E-state index is 11.6. The van der Waals surface area contributed by atoms with Gasteiger partial charge >= 0.3 is 0 Å². The van der Waals surface area contributed by atoms with Gasteiger partial charge in [0.15, 0.2) is 0 Å². The van der Waals surface area contributed by atoms with E-state index in [2.05, 4.69) is 10.6 Å². The predicted octanol–water partition coefficient (Wildman–Crippen LogP) is 0.859. The van der Waals surface area contributed by atoms with Crippen molar-refractivity contribution in [3.63, 3.8) is 0 Å². The zero-order chi connectivity index (χ0) is 10.8. The molecule has 4 nitrogen and oxygen atoms in total. The fourth-order valence-electron chi connectivity index (χ4n) is 1.41. The number of aryl methyl sites for hydroxylation is 1. The molecule has 1 amide bonds. The molecule has 0 bridgehead atoms. The summed E-state index contributed by atoms with van der Waals surface area (Å²) in [4.78, 5) is 11.6. The third-order valence-electron chi connectivity index (χ3n) is 2.63. The van der Waals surface area contributed by atoms with Crippen LogP contribution in [0, 0.1) is 12.8 Å². The molecule has 1 fully saturated rings. The van der Waals surface area contributed by atoms with E-state index in [9.17, 15) is 9.90 Å². The molecule has 1 aliphatic heterocycles. The van der Waals surface area contributed by atoms with E-state index in [-0.39, 0.29) is 17.6 Å². The first-order valence-corrected chi connectivity index (χ1v) is 4.98. The highest BCUT2D eigenvalue weighted by molar-refractivity contribution is 5.93. The van der Waals surface area contributed by atoms with Gasteiger partial charge < -0.3 is 15.7 Å². The lowest BCUT2D eigenvalue weighted by molar-refractivity contribution is -0.121. The Hall–Kier alpha value is -1.55. The van der Waals surface area contributed by atoms with Crippen molar-refractivity contribution in [3.05, 3.63) is 23.8 Å². The van der Waals surface area contributed by atoms with Gasteiger partial charge in [-0.25, -0.2) is 0 Å². The number of amides is 1. The lowest BCUT2D eigenvalue weighted by atomic mass is 10.0. The van der Waals surface area contributed by atoms with Crippen molar-refractivity contribution >= 4 is 11.6 Å². The lowest BCUT2D eigenvalue weighted by Gasteiger charge is -2.25. The first kappa shape index (κ1) is 9.98. The van der Waals surface area contributed by atoms with E-state index in [1.54, 1.807) is 18.2 Å². The second-order valence-corrected chi connectivity index (χ2v) is 3.85. The summed E-state index contributed by atoms with van der Waals surface area (Å²) in [5.74, 6) is 0.282. The Kier molecular flexibility index (Phi) is 2.60. The summed E-state index contributed by atoms with van der Waals surface area (Å²) in [6.07, 6.45) is 0. The van der Waals surface area contributed by atoms with Gasteiger partial charge in [-0.1, -0.05) is 6.07 Å². The molecule has 0 atom stereocenters. The second-order valence-electron chi connectivity index (χ2n) is 3.85. The first-order valence-electron chi connectivity index (χ1n) is 4.98. The van der Waals surface area contributed by atoms with Gasteiger partial charge in [0.1, 0.15) is 5.75 Å². The minimum Gasteiger partial charge on any atom is -0.508 e. The maximum Gasteiger partial charge on any atom is 0.230 e. The number of hydrogen-bond donors (Lipinski definition) is 3. The maximum absolute atomic E-state index is 11.6. The summed E-state index contributed by atoms with van der Waals surface area (Å²) in [6, 6.07) is 5.14. The number of nitrogens with one attached hydrogen (secondary N) is 2. The molecular weight excluding hydrogens is 192 g/mol. The lowest BCUT2D eigenvalue weighted by Crippen LogP contribution is -2.48. The number of rotatable bonds is 2. The van der Waals surface area contributed by atoms with E-state index < -0.39 is 0 Å². The summed E-state index contributed by atoms with van der Waals surface area (Å²) < 4.78 is 0. The van der Waals surface area contributed by atoms with Gasteiger partial charge in [0.05, 0.1) is 5.92 Å². The molecule has 0 aliphatic carbocycles. The van der Waals surface area contributed by atoms with Gasteiger partial charge in [-0.2, -0.15) is 0 Å². The molecule has 2 rings (SSSR count). The molecular formula is C11H14N2O2. The van der Waals surface area contributed by atoms with Gasteiger partial charge in [0.25, 0.3) is 0 Å². The Morgan fingerprint density at radius 2 is 2.27 bits per heavy atom. The molecule has 0 unspecified atom stereocenters. The molecule has 0 saturated carbocycles. The van der Waals surface area contributed by atoms with Crippen molar-refractivity contribution in [2.75, 3.05) is 18.4 Å². The van der Waals surface area contributed by atoms with Crippen molar-refractivity contribution in [2.45, 2.75) is 6.92 Å². The topological polar surface area (TPSA) is 61.4 Å². The molecule has 0 aromatic heterocycles. The van der Waals surface area contributed by atoms with Crippen LogP contribution in [0.1, 0.15) is 5.56 Å². The van der Waals surface area contributed by atoms with Crippen LogP contribution in [0.3, 0.4) is 0 Å². The first-order chi connectivity index (χ1) is 7.16. The molecule has 1 heterocycles. The second kappa shape index (κ2) is 3.90. The smallest absolute Gasteiger partial charge is 0.230 e. The number of aromatic hydroxyl groups is 1. The van der Waals surface area contributed by atoms with Gasteiger partial charge in [0, 0.05) is 24.8 Å². The average Bonchev–Trinajstić information content (AvgIpc) is 2.08. The zero-order valence-corrected chi connectivity index (χ0v) is 8.58. The quantitative estimate of drug-likeness (QED) is 0.672. The van der Waals surface area contributed by atoms with E-state index >= 15 is 0 Å². The molecule has 1 aromatic carbocycles. The summed E-state index contributed by atoms with van der Waals surface area (Å²) in [5, 5.41) is 15.3. The molecule has 0 radical (unpaired) electrons. The largest absolute Gasteiger partial charge is 0.508 e. The van der Waals surface area contributed by atoms with Crippen LogP contribution >= 0.6 is 0 Å². The molecule has 3 N–H and O–H groups in total. The normalized spacial score (nSPS) is 15.8. The molecule has 0 spiro atoms. The van der Waals surface area contributed by atoms with Crippen molar-refractivity contribution in [2.24, 2.45) is 5.92 Å². The molecule has 1 saturated heterocycles. The van der Waals surface area contributed by atoms with Gasteiger partial charge in [0.2, 0.25) is 5.91 Å². The standard InChI is InChI=1S/C11H14N2O2/c1-7-2-3-9(4-10(7)14)13-11(15)8-5-12-6-8/h2-4,8,12,14H,5-6H2,1H3,(H,13,15). The van der Waals surface area contributed by atoms with Crippen molar-refractivity contribution in [1.29, 1.82) is 0 Å². The Morgan fingerprint density at radius 3 is 2.80 bits per heavy atom. The fourth-order valence-corrected chi connectivity index (χ4v) is 1.41. The minimum atomic E-state index is 0.0111. The Balaban J connectivity index is 2.03. The highest BCUT2D eigenvalue weighted by Crippen LogP contribution is 2.21.